The normalized spacial score (nSPS) is 11.6. The van der Waals surface area contributed by atoms with Crippen LogP contribution in [0.15, 0.2) is 223 Å². The van der Waals surface area contributed by atoms with Crippen LogP contribution in [0.3, 0.4) is 0 Å². The molecule has 0 saturated carbocycles. The van der Waals surface area contributed by atoms with Crippen LogP contribution in [0.2, 0.25) is 0 Å². The summed E-state index contributed by atoms with van der Waals surface area (Å²) in [6.45, 7) is 0. The third-order valence-corrected chi connectivity index (χ3v) is 13.0. The van der Waals surface area contributed by atoms with Crippen molar-refractivity contribution in [3.05, 3.63) is 218 Å². The molecular formula is C57H36N2OS. The van der Waals surface area contributed by atoms with Gasteiger partial charge in [-0.2, -0.15) is 0 Å². The number of hydrogen-bond donors (Lipinski definition) is 0. The molecular weight excluding hydrogens is 761 g/mol. The van der Waals surface area contributed by atoms with E-state index in [-0.39, 0.29) is 0 Å². The molecule has 10 aromatic carbocycles. The molecule has 4 heteroatoms. The smallest absolute Gasteiger partial charge is 0.135 e. The van der Waals surface area contributed by atoms with Gasteiger partial charge in [-0.05, 0) is 129 Å². The first-order valence-corrected chi connectivity index (χ1v) is 21.4. The fraction of sp³-hybridized carbons (Fsp3) is 0. The number of para-hydroxylation sites is 3. The molecule has 2 aromatic heterocycles. The van der Waals surface area contributed by atoms with Crippen LogP contribution in [0, 0.1) is 0 Å². The van der Waals surface area contributed by atoms with Gasteiger partial charge >= 0.3 is 0 Å². The first-order valence-electron chi connectivity index (χ1n) is 20.6. The Kier molecular flexibility index (Phi) is 8.36. The monoisotopic (exact) mass is 796 g/mol. The molecule has 12 aromatic rings. The zero-order valence-corrected chi connectivity index (χ0v) is 33.8. The largest absolute Gasteiger partial charge is 0.456 e. The van der Waals surface area contributed by atoms with E-state index in [1.807, 2.05) is 12.1 Å². The van der Waals surface area contributed by atoms with E-state index in [1.54, 1.807) is 11.3 Å². The van der Waals surface area contributed by atoms with Crippen LogP contribution in [-0.2, 0) is 0 Å². The molecule has 0 atom stereocenters. The standard InChI is InChI=1S/C57H36N2OS/c1-4-13-37(14-5-1)39-15-12-16-40(33-39)41-26-31-49-51(35-41)50-34-42(43-27-32-54-52(36-43)47-21-10-11-22-53(47)60-54)25-30-48(50)55-56(49)61-57(58-55)38-23-28-46(29-24-38)59(44-17-6-2-7-18-44)45-19-8-3-9-20-45/h1-36H. The maximum Gasteiger partial charge on any atom is 0.135 e. The number of rotatable bonds is 7. The van der Waals surface area contributed by atoms with Crippen LogP contribution < -0.4 is 4.90 Å². The van der Waals surface area contributed by atoms with Crippen molar-refractivity contribution in [1.29, 1.82) is 0 Å². The Morgan fingerprint density at radius 3 is 1.52 bits per heavy atom. The molecule has 0 fully saturated rings. The first-order chi connectivity index (χ1) is 30.2. The molecule has 0 aliphatic carbocycles. The van der Waals surface area contributed by atoms with Crippen LogP contribution in [0.4, 0.5) is 17.1 Å². The fourth-order valence-corrected chi connectivity index (χ4v) is 10.00. The molecule has 0 N–H and O–H groups in total. The SMILES string of the molecule is c1ccc(-c2cccc(-c3ccc4c(c3)c3cc(-c5ccc6oc7ccccc7c6c5)ccc3c3nc(-c5ccc(N(c6ccccc6)c6ccccc6)cc5)sc43)c2)cc1. The number of hydrogen-bond acceptors (Lipinski definition) is 4. The summed E-state index contributed by atoms with van der Waals surface area (Å²) in [7, 11) is 0. The number of furan rings is 1. The van der Waals surface area contributed by atoms with Gasteiger partial charge in [0.2, 0.25) is 0 Å². The molecule has 0 unspecified atom stereocenters. The van der Waals surface area contributed by atoms with Crippen LogP contribution in [-0.4, -0.2) is 4.98 Å². The second-order valence-electron chi connectivity index (χ2n) is 15.5. The summed E-state index contributed by atoms with van der Waals surface area (Å²) in [6.07, 6.45) is 0. The Bertz CT molecular complexity index is 3530. The predicted molar refractivity (Wildman–Crippen MR) is 258 cm³/mol. The van der Waals surface area contributed by atoms with Gasteiger partial charge in [0.1, 0.15) is 16.2 Å². The molecule has 2 heterocycles. The van der Waals surface area contributed by atoms with Gasteiger partial charge in [-0.25, -0.2) is 4.98 Å². The molecule has 286 valence electrons. The van der Waals surface area contributed by atoms with Crippen molar-refractivity contribution in [2.24, 2.45) is 0 Å². The van der Waals surface area contributed by atoms with Crippen molar-refractivity contribution in [2.45, 2.75) is 0 Å². The molecule has 61 heavy (non-hydrogen) atoms. The van der Waals surface area contributed by atoms with E-state index >= 15 is 0 Å². The highest BCUT2D eigenvalue weighted by atomic mass is 32.1. The molecule has 0 bridgehead atoms. The second-order valence-corrected chi connectivity index (χ2v) is 16.5. The average molecular weight is 797 g/mol. The molecule has 0 radical (unpaired) electrons. The minimum absolute atomic E-state index is 0.899. The highest BCUT2D eigenvalue weighted by Crippen LogP contribution is 2.44. The number of anilines is 3. The summed E-state index contributed by atoms with van der Waals surface area (Å²) in [5.41, 5.74) is 14.4. The minimum Gasteiger partial charge on any atom is -0.456 e. The van der Waals surface area contributed by atoms with Crippen molar-refractivity contribution in [2.75, 3.05) is 4.90 Å². The Balaban J connectivity index is 1.02. The van der Waals surface area contributed by atoms with Crippen molar-refractivity contribution in [3.63, 3.8) is 0 Å². The molecule has 0 aliphatic rings. The van der Waals surface area contributed by atoms with E-state index in [0.29, 0.717) is 0 Å². The zero-order chi connectivity index (χ0) is 40.3. The van der Waals surface area contributed by atoms with Crippen LogP contribution in [0.25, 0.3) is 97.7 Å². The van der Waals surface area contributed by atoms with Crippen LogP contribution in [0.1, 0.15) is 0 Å². The van der Waals surface area contributed by atoms with Gasteiger partial charge in [0, 0.05) is 44.2 Å². The summed E-state index contributed by atoms with van der Waals surface area (Å²) < 4.78 is 7.39. The third kappa shape index (κ3) is 6.16. The number of fused-ring (bicyclic) bond motifs is 9. The molecule has 12 rings (SSSR count). The number of benzene rings is 10. The number of aromatic nitrogens is 1. The molecule has 0 spiro atoms. The molecule has 0 amide bonds. The van der Waals surface area contributed by atoms with Crippen molar-refractivity contribution in [3.8, 4) is 44.0 Å². The lowest BCUT2D eigenvalue weighted by molar-refractivity contribution is 0.669. The fourth-order valence-electron chi connectivity index (χ4n) is 8.88. The lowest BCUT2D eigenvalue weighted by Gasteiger charge is -2.25. The van der Waals surface area contributed by atoms with Crippen molar-refractivity contribution < 1.29 is 4.42 Å². The summed E-state index contributed by atoms with van der Waals surface area (Å²) in [4.78, 5) is 7.73. The van der Waals surface area contributed by atoms with E-state index in [9.17, 15) is 0 Å². The topological polar surface area (TPSA) is 29.3 Å². The molecule has 3 nitrogen and oxygen atoms in total. The first kappa shape index (κ1) is 35.2. The van der Waals surface area contributed by atoms with Gasteiger partial charge in [0.15, 0.2) is 0 Å². The van der Waals surface area contributed by atoms with Gasteiger partial charge in [0.05, 0.1) is 10.2 Å². The minimum atomic E-state index is 0.899. The Morgan fingerprint density at radius 1 is 0.328 bits per heavy atom. The number of nitrogens with zero attached hydrogens (tertiary/aromatic N) is 2. The Labute approximate surface area is 357 Å². The van der Waals surface area contributed by atoms with E-state index < -0.39 is 0 Å². The highest BCUT2D eigenvalue weighted by Gasteiger charge is 2.18. The van der Waals surface area contributed by atoms with Gasteiger partial charge in [0.25, 0.3) is 0 Å². The van der Waals surface area contributed by atoms with E-state index in [4.69, 9.17) is 9.40 Å². The van der Waals surface area contributed by atoms with Crippen LogP contribution in [0.5, 0.6) is 0 Å². The Morgan fingerprint density at radius 2 is 0.820 bits per heavy atom. The average Bonchev–Trinajstić information content (AvgIpc) is 3.95. The van der Waals surface area contributed by atoms with Crippen LogP contribution >= 0.6 is 11.3 Å². The molecule has 0 saturated heterocycles. The zero-order valence-electron chi connectivity index (χ0n) is 33.0. The van der Waals surface area contributed by atoms with E-state index in [0.717, 1.165) is 71.6 Å². The second kappa shape index (κ2) is 14.5. The maximum atomic E-state index is 6.20. The van der Waals surface area contributed by atoms with E-state index in [1.165, 1.54) is 43.1 Å². The van der Waals surface area contributed by atoms with E-state index in [2.05, 4.69) is 211 Å². The third-order valence-electron chi connectivity index (χ3n) is 11.9. The van der Waals surface area contributed by atoms with Gasteiger partial charge in [-0.1, -0.05) is 133 Å². The summed E-state index contributed by atoms with van der Waals surface area (Å²) >= 11 is 1.77. The quantitative estimate of drug-likeness (QED) is 0.150. The van der Waals surface area contributed by atoms with Crippen molar-refractivity contribution in [1.82, 2.24) is 4.98 Å². The predicted octanol–water partition coefficient (Wildman–Crippen LogP) is 16.6. The Hall–Kier alpha value is -7.79. The highest BCUT2D eigenvalue weighted by molar-refractivity contribution is 7.22. The number of thiazole rings is 1. The molecule has 0 aliphatic heterocycles. The maximum absolute atomic E-state index is 6.20. The van der Waals surface area contributed by atoms with Gasteiger partial charge in [-0.3, -0.25) is 0 Å². The van der Waals surface area contributed by atoms with Gasteiger partial charge < -0.3 is 9.32 Å². The lowest BCUT2D eigenvalue weighted by Crippen LogP contribution is -2.09. The van der Waals surface area contributed by atoms with Crippen molar-refractivity contribution >= 4 is 82.1 Å². The lowest BCUT2D eigenvalue weighted by atomic mass is 9.93. The summed E-state index contributed by atoms with van der Waals surface area (Å²) in [6, 6.07) is 78.1. The van der Waals surface area contributed by atoms with Gasteiger partial charge in [-0.15, -0.1) is 11.3 Å². The summed E-state index contributed by atoms with van der Waals surface area (Å²) in [5, 5.41) is 8.02. The summed E-state index contributed by atoms with van der Waals surface area (Å²) in [5.74, 6) is 0.